The highest BCUT2D eigenvalue weighted by Crippen LogP contribution is 2.42. The molecule has 2 aliphatic rings. The number of alkyl halides is 3. The number of hydrogen-bond donors (Lipinski definition) is 1. The molecule has 0 aromatic carbocycles. The first-order valence-electron chi connectivity index (χ1n) is 7.76. The van der Waals surface area contributed by atoms with Crippen molar-refractivity contribution in [3.63, 3.8) is 0 Å². The molecule has 2 saturated carbocycles. The lowest BCUT2D eigenvalue weighted by molar-refractivity contribution is -0.184. The zero-order valence-electron chi connectivity index (χ0n) is 11.8. The fourth-order valence-electron chi connectivity index (χ4n) is 4.16. The Bertz CT molecular complexity index is 263. The van der Waals surface area contributed by atoms with Gasteiger partial charge >= 0.3 is 6.18 Å². The van der Waals surface area contributed by atoms with E-state index < -0.39 is 12.1 Å². The summed E-state index contributed by atoms with van der Waals surface area (Å²) in [6.45, 7) is 0. The summed E-state index contributed by atoms with van der Waals surface area (Å²) in [4.78, 5) is 0. The van der Waals surface area contributed by atoms with Crippen LogP contribution in [0.25, 0.3) is 0 Å². The summed E-state index contributed by atoms with van der Waals surface area (Å²) in [6.07, 6.45) is 4.59. The summed E-state index contributed by atoms with van der Waals surface area (Å²) in [7, 11) is 1.98. The van der Waals surface area contributed by atoms with E-state index in [9.17, 15) is 13.2 Å². The maximum Gasteiger partial charge on any atom is 0.391 e. The van der Waals surface area contributed by atoms with Gasteiger partial charge in [0.2, 0.25) is 0 Å². The molecule has 0 aromatic heterocycles. The Morgan fingerprint density at radius 1 is 0.842 bits per heavy atom. The van der Waals surface area contributed by atoms with Gasteiger partial charge in [0, 0.05) is 6.04 Å². The molecule has 0 aliphatic heterocycles. The Balaban J connectivity index is 1.87. The summed E-state index contributed by atoms with van der Waals surface area (Å²) in [5.41, 5.74) is 0. The molecule has 1 nitrogen and oxygen atoms in total. The molecule has 0 radical (unpaired) electrons. The zero-order valence-corrected chi connectivity index (χ0v) is 11.8. The lowest BCUT2D eigenvalue weighted by Gasteiger charge is -2.39. The highest BCUT2D eigenvalue weighted by Gasteiger charge is 2.43. The second kappa shape index (κ2) is 6.47. The van der Waals surface area contributed by atoms with Crippen molar-refractivity contribution in [2.75, 3.05) is 7.05 Å². The van der Waals surface area contributed by atoms with Crippen LogP contribution in [0.15, 0.2) is 0 Å². The third kappa shape index (κ3) is 3.87. The molecule has 1 unspecified atom stereocenters. The van der Waals surface area contributed by atoms with E-state index in [1.54, 1.807) is 0 Å². The zero-order chi connectivity index (χ0) is 13.9. The van der Waals surface area contributed by atoms with E-state index in [0.29, 0.717) is 30.7 Å². The largest absolute Gasteiger partial charge is 0.391 e. The first-order valence-corrected chi connectivity index (χ1v) is 7.76. The molecule has 19 heavy (non-hydrogen) atoms. The SMILES string of the molecule is CNC(C1CCCCC1)C1CCC(C(F)(F)F)CC1. The van der Waals surface area contributed by atoms with Crippen molar-refractivity contribution in [1.29, 1.82) is 0 Å². The minimum atomic E-state index is -3.98. The molecule has 1 N–H and O–H groups in total. The number of hydrogen-bond acceptors (Lipinski definition) is 1. The van der Waals surface area contributed by atoms with Crippen molar-refractivity contribution < 1.29 is 13.2 Å². The van der Waals surface area contributed by atoms with Gasteiger partial charge in [0.25, 0.3) is 0 Å². The Kier molecular flexibility index (Phi) is 5.15. The van der Waals surface area contributed by atoms with Gasteiger partial charge < -0.3 is 5.32 Å². The molecule has 4 heteroatoms. The monoisotopic (exact) mass is 277 g/mol. The first kappa shape index (κ1) is 15.1. The van der Waals surface area contributed by atoms with Crippen LogP contribution in [0, 0.1) is 17.8 Å². The van der Waals surface area contributed by atoms with Crippen molar-refractivity contribution >= 4 is 0 Å². The molecule has 2 fully saturated rings. The molecule has 0 bridgehead atoms. The van der Waals surface area contributed by atoms with E-state index in [-0.39, 0.29) is 0 Å². The van der Waals surface area contributed by atoms with Crippen LogP contribution in [0.3, 0.4) is 0 Å². The first-order chi connectivity index (χ1) is 9.02. The molecule has 0 heterocycles. The Hall–Kier alpha value is -0.250. The van der Waals surface area contributed by atoms with Gasteiger partial charge in [-0.2, -0.15) is 13.2 Å². The van der Waals surface area contributed by atoms with E-state index in [0.717, 1.165) is 12.8 Å². The molecule has 0 amide bonds. The Labute approximate surface area is 114 Å². The number of halogens is 3. The van der Waals surface area contributed by atoms with Gasteiger partial charge in [0.15, 0.2) is 0 Å². The smallest absolute Gasteiger partial charge is 0.316 e. The van der Waals surface area contributed by atoms with Crippen LogP contribution in [0.2, 0.25) is 0 Å². The molecular formula is C15H26F3N. The van der Waals surface area contributed by atoms with Crippen LogP contribution in [-0.4, -0.2) is 19.3 Å². The van der Waals surface area contributed by atoms with Crippen LogP contribution >= 0.6 is 0 Å². The van der Waals surface area contributed by atoms with Crippen LogP contribution in [0.4, 0.5) is 13.2 Å². The Morgan fingerprint density at radius 2 is 1.37 bits per heavy atom. The number of rotatable bonds is 3. The molecule has 2 aliphatic carbocycles. The fraction of sp³-hybridized carbons (Fsp3) is 1.00. The fourth-order valence-corrected chi connectivity index (χ4v) is 4.16. The lowest BCUT2D eigenvalue weighted by Crippen LogP contribution is -2.43. The summed E-state index contributed by atoms with van der Waals surface area (Å²) >= 11 is 0. The van der Waals surface area contributed by atoms with E-state index in [4.69, 9.17) is 0 Å². The van der Waals surface area contributed by atoms with Crippen molar-refractivity contribution in [3.8, 4) is 0 Å². The lowest BCUT2D eigenvalue weighted by atomic mass is 9.71. The molecule has 0 saturated heterocycles. The van der Waals surface area contributed by atoms with Gasteiger partial charge in [-0.15, -0.1) is 0 Å². The molecule has 1 atom stereocenters. The molecule has 2 rings (SSSR count). The topological polar surface area (TPSA) is 12.0 Å². The van der Waals surface area contributed by atoms with E-state index in [1.807, 2.05) is 7.05 Å². The van der Waals surface area contributed by atoms with Crippen molar-refractivity contribution in [1.82, 2.24) is 5.32 Å². The summed E-state index contributed by atoms with van der Waals surface area (Å²) in [6, 6.07) is 0.439. The average Bonchev–Trinajstić information content (AvgIpc) is 2.40. The third-order valence-electron chi connectivity index (χ3n) is 5.23. The summed E-state index contributed by atoms with van der Waals surface area (Å²) in [5.74, 6) is 0.0884. The van der Waals surface area contributed by atoms with Crippen molar-refractivity contribution in [2.24, 2.45) is 17.8 Å². The van der Waals surface area contributed by atoms with Gasteiger partial charge in [-0.05, 0) is 57.4 Å². The molecule has 0 spiro atoms. The van der Waals surface area contributed by atoms with E-state index in [1.165, 1.54) is 32.1 Å². The third-order valence-corrected chi connectivity index (χ3v) is 5.23. The van der Waals surface area contributed by atoms with Crippen LogP contribution in [0.1, 0.15) is 57.8 Å². The molecule has 112 valence electrons. The maximum absolute atomic E-state index is 12.7. The van der Waals surface area contributed by atoms with E-state index >= 15 is 0 Å². The molecule has 0 aromatic rings. The van der Waals surface area contributed by atoms with Gasteiger partial charge in [-0.1, -0.05) is 19.3 Å². The Morgan fingerprint density at radius 3 is 1.84 bits per heavy atom. The minimum absolute atomic E-state index is 0.332. The maximum atomic E-state index is 12.7. The van der Waals surface area contributed by atoms with Gasteiger partial charge in [0.05, 0.1) is 5.92 Å². The van der Waals surface area contributed by atoms with Gasteiger partial charge in [-0.25, -0.2) is 0 Å². The number of nitrogens with one attached hydrogen (secondary N) is 1. The second-order valence-electron chi connectivity index (χ2n) is 6.37. The predicted molar refractivity (Wildman–Crippen MR) is 70.9 cm³/mol. The second-order valence-corrected chi connectivity index (χ2v) is 6.37. The summed E-state index contributed by atoms with van der Waals surface area (Å²) < 4.78 is 38.1. The van der Waals surface area contributed by atoms with Crippen molar-refractivity contribution in [2.45, 2.75) is 70.0 Å². The van der Waals surface area contributed by atoms with Crippen LogP contribution in [0.5, 0.6) is 0 Å². The standard InChI is InChI=1S/C15H26F3N/c1-19-14(11-5-3-2-4-6-11)12-7-9-13(10-8-12)15(16,17)18/h11-14,19H,2-10H2,1H3. The van der Waals surface area contributed by atoms with Crippen LogP contribution < -0.4 is 5.32 Å². The van der Waals surface area contributed by atoms with Crippen molar-refractivity contribution in [3.05, 3.63) is 0 Å². The minimum Gasteiger partial charge on any atom is -0.316 e. The highest BCUT2D eigenvalue weighted by atomic mass is 19.4. The quantitative estimate of drug-likeness (QED) is 0.799. The normalized spacial score (nSPS) is 32.2. The van der Waals surface area contributed by atoms with Crippen LogP contribution in [-0.2, 0) is 0 Å². The molecular weight excluding hydrogens is 251 g/mol. The van der Waals surface area contributed by atoms with E-state index in [2.05, 4.69) is 5.32 Å². The summed E-state index contributed by atoms with van der Waals surface area (Å²) in [5, 5.41) is 3.41. The van der Waals surface area contributed by atoms with Gasteiger partial charge in [-0.3, -0.25) is 0 Å². The predicted octanol–water partition coefficient (Wildman–Crippen LogP) is 4.52. The highest BCUT2D eigenvalue weighted by molar-refractivity contribution is 4.88. The van der Waals surface area contributed by atoms with Gasteiger partial charge in [0.1, 0.15) is 0 Å². The average molecular weight is 277 g/mol.